The average Bonchev–Trinajstić information content (AvgIpc) is 2.87. The first kappa shape index (κ1) is 25.7. The Morgan fingerprint density at radius 2 is 1.53 bits per heavy atom. The topological polar surface area (TPSA) is 73.5 Å². The van der Waals surface area contributed by atoms with Gasteiger partial charge in [-0.25, -0.2) is 0 Å². The van der Waals surface area contributed by atoms with E-state index in [0.717, 1.165) is 63.0 Å². The molecule has 0 radical (unpaired) electrons. The molecule has 2 aromatic carbocycles. The largest absolute Gasteiger partial charge is 0.356 e. The summed E-state index contributed by atoms with van der Waals surface area (Å²) in [7, 11) is 0. The fraction of sp³-hybridized carbons (Fsp3) is 0.429. The number of hydrogen-bond donors (Lipinski definition) is 3. The van der Waals surface area contributed by atoms with Crippen LogP contribution in [0.5, 0.6) is 0 Å². The van der Waals surface area contributed by atoms with Gasteiger partial charge in [-0.1, -0.05) is 60.7 Å². The van der Waals surface area contributed by atoms with E-state index in [1.807, 2.05) is 59.5 Å². The number of nitrogens with one attached hydrogen (secondary N) is 3. The van der Waals surface area contributed by atoms with Crippen molar-refractivity contribution in [2.45, 2.75) is 38.1 Å². The molecule has 1 saturated heterocycles. The van der Waals surface area contributed by atoms with Crippen molar-refractivity contribution in [1.82, 2.24) is 20.9 Å². The summed E-state index contributed by atoms with van der Waals surface area (Å²) in [6, 6.07) is 20.0. The summed E-state index contributed by atoms with van der Waals surface area (Å²) < 4.78 is 0. The quantitative estimate of drug-likeness (QED) is 0.610. The van der Waals surface area contributed by atoms with Crippen molar-refractivity contribution in [3.8, 4) is 0 Å². The van der Waals surface area contributed by atoms with Crippen molar-refractivity contribution in [1.29, 1.82) is 0 Å². The predicted molar refractivity (Wildman–Crippen MR) is 138 cm³/mol. The average molecular weight is 463 g/mol. The second kappa shape index (κ2) is 15.0. The molecular formula is C28H38N4O2. The molecule has 1 aliphatic rings. The fourth-order valence-corrected chi connectivity index (χ4v) is 4.09. The Bertz CT molecular complexity index is 886. The lowest BCUT2D eigenvalue weighted by atomic mass is 10.0. The first-order valence-electron chi connectivity index (χ1n) is 12.5. The maximum absolute atomic E-state index is 12.8. The highest BCUT2D eigenvalue weighted by Gasteiger charge is 2.16. The summed E-state index contributed by atoms with van der Waals surface area (Å²) in [5.74, 6) is 0.0556. The minimum atomic E-state index is -0.00177. The molecule has 34 heavy (non-hydrogen) atoms. The molecule has 182 valence electrons. The first-order chi connectivity index (χ1) is 16.7. The molecule has 0 bridgehead atoms. The molecule has 1 heterocycles. The van der Waals surface area contributed by atoms with E-state index in [2.05, 4.69) is 28.1 Å². The summed E-state index contributed by atoms with van der Waals surface area (Å²) >= 11 is 0. The number of benzene rings is 2. The molecular weight excluding hydrogens is 424 g/mol. The van der Waals surface area contributed by atoms with Gasteiger partial charge in [0.2, 0.25) is 11.8 Å². The normalized spacial score (nSPS) is 19.9. The van der Waals surface area contributed by atoms with Crippen molar-refractivity contribution in [2.75, 3.05) is 39.3 Å². The summed E-state index contributed by atoms with van der Waals surface area (Å²) in [5.41, 5.74) is 2.14. The third kappa shape index (κ3) is 9.49. The predicted octanol–water partition coefficient (Wildman–Crippen LogP) is 3.53. The molecule has 1 fully saturated rings. The van der Waals surface area contributed by atoms with Crippen LogP contribution in [0, 0.1) is 0 Å². The molecule has 0 spiro atoms. The number of hydrogen-bond acceptors (Lipinski definition) is 4. The first-order valence-corrected chi connectivity index (χ1v) is 12.5. The molecule has 0 unspecified atom stereocenters. The number of carbonyl (C=O) groups is 2. The maximum Gasteiger partial charge on any atom is 0.246 e. The third-order valence-corrected chi connectivity index (χ3v) is 6.00. The van der Waals surface area contributed by atoms with Gasteiger partial charge in [0.1, 0.15) is 0 Å². The van der Waals surface area contributed by atoms with Crippen molar-refractivity contribution >= 4 is 17.9 Å². The van der Waals surface area contributed by atoms with Crippen LogP contribution in [0.1, 0.15) is 49.3 Å². The molecule has 6 heteroatoms. The van der Waals surface area contributed by atoms with Crippen molar-refractivity contribution in [3.63, 3.8) is 0 Å². The summed E-state index contributed by atoms with van der Waals surface area (Å²) in [5, 5.41) is 10.1. The van der Waals surface area contributed by atoms with Gasteiger partial charge < -0.3 is 20.9 Å². The van der Waals surface area contributed by atoms with E-state index in [-0.39, 0.29) is 17.9 Å². The lowest BCUT2D eigenvalue weighted by Gasteiger charge is -2.22. The zero-order valence-corrected chi connectivity index (χ0v) is 20.0. The monoisotopic (exact) mass is 462 g/mol. The second-order valence-electron chi connectivity index (χ2n) is 8.70. The van der Waals surface area contributed by atoms with Crippen molar-refractivity contribution in [2.24, 2.45) is 0 Å². The molecule has 3 N–H and O–H groups in total. The highest BCUT2D eigenvalue weighted by molar-refractivity contribution is 5.91. The van der Waals surface area contributed by atoms with E-state index in [4.69, 9.17) is 0 Å². The van der Waals surface area contributed by atoms with Gasteiger partial charge in [0.15, 0.2) is 0 Å². The Hall–Kier alpha value is -2.96. The number of carbonyl (C=O) groups excluding carboxylic acids is 2. The highest BCUT2D eigenvalue weighted by atomic mass is 16.2. The van der Waals surface area contributed by atoms with Gasteiger partial charge in [0, 0.05) is 38.2 Å². The van der Waals surface area contributed by atoms with E-state index in [1.54, 1.807) is 6.08 Å². The zero-order chi connectivity index (χ0) is 23.8. The Labute approximate surface area is 203 Å². The summed E-state index contributed by atoms with van der Waals surface area (Å²) in [6.07, 6.45) is 7.65. The smallest absolute Gasteiger partial charge is 0.246 e. The molecule has 2 amide bonds. The lowest BCUT2D eigenvalue weighted by Crippen LogP contribution is -2.35. The standard InChI is InChI=1S/C28H38N4O2/c33-27-23-26(25-13-5-2-6-14-25)30-19-9-18-29-17-7-8-21-32(22-10-20-31-27)28(34)16-15-24-11-3-1-4-12-24/h1-6,11-16,26,29-30H,7-10,17-23H2,(H,31,33)/t26-/m0/s1. The van der Waals surface area contributed by atoms with E-state index in [9.17, 15) is 9.59 Å². The van der Waals surface area contributed by atoms with Crippen LogP contribution in [0.4, 0.5) is 0 Å². The molecule has 0 aliphatic carbocycles. The lowest BCUT2D eigenvalue weighted by molar-refractivity contribution is -0.126. The molecule has 1 aliphatic heterocycles. The van der Waals surface area contributed by atoms with Gasteiger partial charge in [-0.2, -0.15) is 0 Å². The van der Waals surface area contributed by atoms with Gasteiger partial charge in [0.25, 0.3) is 0 Å². The SMILES string of the molecule is O=C1C[C@@H](c2ccccc2)NCCCNCCCCN(C(=O)C=Cc2ccccc2)CCCN1. The zero-order valence-electron chi connectivity index (χ0n) is 20.0. The number of rotatable bonds is 3. The van der Waals surface area contributed by atoms with Gasteiger partial charge >= 0.3 is 0 Å². The molecule has 0 saturated carbocycles. The van der Waals surface area contributed by atoms with Gasteiger partial charge in [-0.15, -0.1) is 0 Å². The van der Waals surface area contributed by atoms with Crippen molar-refractivity contribution in [3.05, 3.63) is 77.9 Å². The van der Waals surface area contributed by atoms with Gasteiger partial charge in [-0.3, -0.25) is 9.59 Å². The fourth-order valence-electron chi connectivity index (χ4n) is 4.09. The van der Waals surface area contributed by atoms with E-state index in [0.29, 0.717) is 19.5 Å². The van der Waals surface area contributed by atoms with Crippen LogP contribution in [0.25, 0.3) is 6.08 Å². The van der Waals surface area contributed by atoms with Crippen LogP contribution in [0.15, 0.2) is 66.7 Å². The third-order valence-electron chi connectivity index (χ3n) is 6.00. The summed E-state index contributed by atoms with van der Waals surface area (Å²) in [6.45, 7) is 4.66. The maximum atomic E-state index is 12.8. The molecule has 0 aromatic heterocycles. The van der Waals surface area contributed by atoms with Crippen LogP contribution in [-0.2, 0) is 9.59 Å². The Kier molecular flexibility index (Phi) is 11.4. The Morgan fingerprint density at radius 3 is 2.32 bits per heavy atom. The van der Waals surface area contributed by atoms with Gasteiger partial charge in [0.05, 0.1) is 0 Å². The van der Waals surface area contributed by atoms with Crippen LogP contribution in [0.2, 0.25) is 0 Å². The van der Waals surface area contributed by atoms with Crippen LogP contribution >= 0.6 is 0 Å². The highest BCUT2D eigenvalue weighted by Crippen LogP contribution is 2.16. The number of amides is 2. The van der Waals surface area contributed by atoms with E-state index in [1.165, 1.54) is 0 Å². The van der Waals surface area contributed by atoms with Crippen LogP contribution in [0.3, 0.4) is 0 Å². The molecule has 2 aromatic rings. The van der Waals surface area contributed by atoms with Gasteiger partial charge in [-0.05, 0) is 62.5 Å². The Balaban J connectivity index is 1.57. The molecule has 6 nitrogen and oxygen atoms in total. The Morgan fingerprint density at radius 1 is 0.824 bits per heavy atom. The van der Waals surface area contributed by atoms with Crippen molar-refractivity contribution < 1.29 is 9.59 Å². The minimum absolute atomic E-state index is 0.00177. The molecule has 3 rings (SSSR count). The molecule has 1 atom stereocenters. The second-order valence-corrected chi connectivity index (χ2v) is 8.70. The van der Waals surface area contributed by atoms with E-state index < -0.39 is 0 Å². The van der Waals surface area contributed by atoms with Crippen LogP contribution in [-0.4, -0.2) is 56.0 Å². The van der Waals surface area contributed by atoms with E-state index >= 15 is 0 Å². The minimum Gasteiger partial charge on any atom is -0.356 e. The van der Waals surface area contributed by atoms with Crippen LogP contribution < -0.4 is 16.0 Å². The number of nitrogens with zero attached hydrogens (tertiary/aromatic N) is 1. The summed E-state index contributed by atoms with van der Waals surface area (Å²) in [4.78, 5) is 27.4.